The molecule has 3 aromatic rings. The van der Waals surface area contributed by atoms with Crippen molar-refractivity contribution < 1.29 is 9.47 Å². The van der Waals surface area contributed by atoms with E-state index < -0.39 is 0 Å². The van der Waals surface area contributed by atoms with Crippen molar-refractivity contribution in [3.05, 3.63) is 53.9 Å². The van der Waals surface area contributed by atoms with Gasteiger partial charge in [0.25, 0.3) is 0 Å². The average molecular weight is 363 g/mol. The predicted molar refractivity (Wildman–Crippen MR) is 108 cm³/mol. The lowest BCUT2D eigenvalue weighted by Crippen LogP contribution is -2.41. The Labute approximate surface area is 160 Å². The first-order valence-electron chi connectivity index (χ1n) is 9.45. The Balaban J connectivity index is 1.84. The zero-order valence-electron chi connectivity index (χ0n) is 16.1. The summed E-state index contributed by atoms with van der Waals surface area (Å²) in [5.41, 5.74) is 3.69. The van der Waals surface area contributed by atoms with Crippen LogP contribution < -0.4 is 14.4 Å². The van der Waals surface area contributed by atoms with E-state index >= 15 is 0 Å². The maximum Gasteiger partial charge on any atom is 0.162 e. The summed E-state index contributed by atoms with van der Waals surface area (Å²) in [6.07, 6.45) is 4.96. The third-order valence-electron chi connectivity index (χ3n) is 5.37. The number of nitrogens with zero attached hydrogens (tertiary/aromatic N) is 3. The second-order valence-electron chi connectivity index (χ2n) is 6.96. The van der Waals surface area contributed by atoms with Crippen molar-refractivity contribution in [3.63, 3.8) is 0 Å². The van der Waals surface area contributed by atoms with Crippen LogP contribution >= 0.6 is 0 Å². The highest BCUT2D eigenvalue weighted by molar-refractivity contribution is 5.92. The molecular formula is C22H25N3O2. The average Bonchev–Trinajstić information content (AvgIpc) is 2.72. The number of hydrogen-bond donors (Lipinski definition) is 0. The van der Waals surface area contributed by atoms with Crippen LogP contribution in [0.15, 0.2) is 42.7 Å². The molecule has 0 spiro atoms. The standard InChI is InChI=1S/C22H25N3O2/c1-4-7-17-10-15-8-5-6-9-16(15)13-25(17)22-18-11-20(26-2)21(27-3)12-19(18)23-14-24-22/h5-6,8-9,11-12,14,17H,4,7,10,13H2,1-3H3. The summed E-state index contributed by atoms with van der Waals surface area (Å²) in [6.45, 7) is 3.10. The normalized spacial score (nSPS) is 16.3. The molecule has 2 heterocycles. The molecule has 140 valence electrons. The number of methoxy groups -OCH3 is 2. The summed E-state index contributed by atoms with van der Waals surface area (Å²) in [5.74, 6) is 2.35. The molecule has 0 aliphatic carbocycles. The van der Waals surface area contributed by atoms with E-state index in [-0.39, 0.29) is 0 Å². The van der Waals surface area contributed by atoms with Gasteiger partial charge in [0, 0.05) is 24.0 Å². The van der Waals surface area contributed by atoms with Crippen LogP contribution in [0.2, 0.25) is 0 Å². The van der Waals surface area contributed by atoms with Crippen molar-refractivity contribution in [3.8, 4) is 11.5 Å². The third-order valence-corrected chi connectivity index (χ3v) is 5.37. The molecule has 1 aliphatic heterocycles. The third kappa shape index (κ3) is 3.18. The van der Waals surface area contributed by atoms with E-state index in [1.807, 2.05) is 12.1 Å². The molecule has 0 amide bonds. The lowest BCUT2D eigenvalue weighted by molar-refractivity contribution is 0.355. The second-order valence-corrected chi connectivity index (χ2v) is 6.96. The number of anilines is 1. The first kappa shape index (κ1) is 17.6. The van der Waals surface area contributed by atoms with Crippen LogP contribution in [0.3, 0.4) is 0 Å². The Kier molecular flexibility index (Phi) is 4.84. The predicted octanol–water partition coefficient (Wildman–Crippen LogP) is 4.38. The highest BCUT2D eigenvalue weighted by Crippen LogP contribution is 2.37. The minimum Gasteiger partial charge on any atom is -0.493 e. The minimum atomic E-state index is 0.427. The van der Waals surface area contributed by atoms with E-state index in [1.165, 1.54) is 11.1 Å². The molecule has 2 aromatic carbocycles. The van der Waals surface area contributed by atoms with Crippen molar-refractivity contribution in [2.75, 3.05) is 19.1 Å². The highest BCUT2D eigenvalue weighted by Gasteiger charge is 2.28. The molecule has 0 radical (unpaired) electrons. The van der Waals surface area contributed by atoms with Gasteiger partial charge in [-0.1, -0.05) is 37.6 Å². The van der Waals surface area contributed by atoms with Gasteiger partial charge < -0.3 is 14.4 Å². The monoisotopic (exact) mass is 363 g/mol. The smallest absolute Gasteiger partial charge is 0.162 e. The van der Waals surface area contributed by atoms with Crippen molar-refractivity contribution >= 4 is 16.7 Å². The number of hydrogen-bond acceptors (Lipinski definition) is 5. The molecule has 27 heavy (non-hydrogen) atoms. The summed E-state index contributed by atoms with van der Waals surface area (Å²) < 4.78 is 11.0. The van der Waals surface area contributed by atoms with Gasteiger partial charge in [-0.2, -0.15) is 0 Å². The number of benzene rings is 2. The number of aromatic nitrogens is 2. The van der Waals surface area contributed by atoms with Gasteiger partial charge in [-0.15, -0.1) is 0 Å². The first-order chi connectivity index (χ1) is 13.2. The van der Waals surface area contributed by atoms with Gasteiger partial charge in [-0.3, -0.25) is 0 Å². The Hall–Kier alpha value is -2.82. The van der Waals surface area contributed by atoms with Crippen molar-refractivity contribution in [1.29, 1.82) is 0 Å². The summed E-state index contributed by atoms with van der Waals surface area (Å²) in [7, 11) is 3.30. The lowest BCUT2D eigenvalue weighted by atomic mass is 9.91. The number of fused-ring (bicyclic) bond motifs is 2. The van der Waals surface area contributed by atoms with E-state index in [4.69, 9.17) is 9.47 Å². The van der Waals surface area contributed by atoms with Crippen LogP contribution in [0.4, 0.5) is 5.82 Å². The van der Waals surface area contributed by atoms with Crippen molar-refractivity contribution in [1.82, 2.24) is 9.97 Å². The summed E-state index contributed by atoms with van der Waals surface area (Å²) >= 11 is 0. The van der Waals surface area contributed by atoms with Gasteiger partial charge >= 0.3 is 0 Å². The van der Waals surface area contributed by atoms with E-state index in [0.717, 1.165) is 42.5 Å². The van der Waals surface area contributed by atoms with E-state index in [9.17, 15) is 0 Å². The van der Waals surface area contributed by atoms with Crippen LogP contribution in [0, 0.1) is 0 Å². The van der Waals surface area contributed by atoms with Crippen molar-refractivity contribution in [2.24, 2.45) is 0 Å². The molecular weight excluding hydrogens is 338 g/mol. The summed E-state index contributed by atoms with van der Waals surface area (Å²) in [4.78, 5) is 11.6. The Morgan fingerprint density at radius 3 is 2.52 bits per heavy atom. The largest absolute Gasteiger partial charge is 0.493 e. The molecule has 0 bridgehead atoms. The van der Waals surface area contributed by atoms with E-state index in [0.29, 0.717) is 17.5 Å². The van der Waals surface area contributed by atoms with E-state index in [2.05, 4.69) is 46.1 Å². The minimum absolute atomic E-state index is 0.427. The topological polar surface area (TPSA) is 47.5 Å². The fourth-order valence-electron chi connectivity index (χ4n) is 4.02. The van der Waals surface area contributed by atoms with Gasteiger partial charge in [0.1, 0.15) is 12.1 Å². The maximum absolute atomic E-state index is 5.52. The number of ether oxygens (including phenoxy) is 2. The van der Waals surface area contributed by atoms with Crippen molar-refractivity contribution in [2.45, 2.75) is 38.8 Å². The zero-order valence-corrected chi connectivity index (χ0v) is 16.1. The van der Waals surface area contributed by atoms with Crippen LogP contribution in [-0.2, 0) is 13.0 Å². The molecule has 1 atom stereocenters. The Morgan fingerprint density at radius 1 is 1.04 bits per heavy atom. The molecule has 5 heteroatoms. The zero-order chi connectivity index (χ0) is 18.8. The Bertz CT molecular complexity index is 957. The number of rotatable bonds is 5. The molecule has 1 unspecified atom stereocenters. The van der Waals surface area contributed by atoms with Crippen LogP contribution in [0.25, 0.3) is 10.9 Å². The SMILES string of the molecule is CCCC1Cc2ccccc2CN1c1ncnc2cc(OC)c(OC)cc12. The van der Waals surface area contributed by atoms with Gasteiger partial charge in [0.2, 0.25) is 0 Å². The first-order valence-corrected chi connectivity index (χ1v) is 9.45. The molecule has 5 nitrogen and oxygen atoms in total. The maximum atomic E-state index is 5.52. The molecule has 1 aromatic heterocycles. The lowest BCUT2D eigenvalue weighted by Gasteiger charge is -2.38. The fraction of sp³-hybridized carbons (Fsp3) is 0.364. The van der Waals surface area contributed by atoms with Crippen LogP contribution in [0.5, 0.6) is 11.5 Å². The fourth-order valence-corrected chi connectivity index (χ4v) is 4.02. The molecule has 0 saturated carbocycles. The van der Waals surface area contributed by atoms with Crippen LogP contribution in [0.1, 0.15) is 30.9 Å². The Morgan fingerprint density at radius 2 is 1.78 bits per heavy atom. The van der Waals surface area contributed by atoms with Gasteiger partial charge in [-0.25, -0.2) is 9.97 Å². The summed E-state index contributed by atoms with van der Waals surface area (Å²) in [5, 5.41) is 0.996. The van der Waals surface area contributed by atoms with Gasteiger partial charge in [-0.05, 0) is 30.0 Å². The molecule has 1 aliphatic rings. The molecule has 0 fully saturated rings. The second kappa shape index (κ2) is 7.43. The molecule has 0 N–H and O–H groups in total. The quantitative estimate of drug-likeness (QED) is 0.673. The van der Waals surface area contributed by atoms with Gasteiger partial charge in [0.15, 0.2) is 11.5 Å². The van der Waals surface area contributed by atoms with Gasteiger partial charge in [0.05, 0.1) is 19.7 Å². The van der Waals surface area contributed by atoms with Crippen LogP contribution in [-0.4, -0.2) is 30.2 Å². The molecule has 4 rings (SSSR count). The van der Waals surface area contributed by atoms with E-state index in [1.54, 1.807) is 20.5 Å². The summed E-state index contributed by atoms with van der Waals surface area (Å²) in [6, 6.07) is 13.1. The highest BCUT2D eigenvalue weighted by atomic mass is 16.5. The molecule has 0 saturated heterocycles.